The molecule has 1 aliphatic rings. The van der Waals surface area contributed by atoms with E-state index in [1.54, 1.807) is 0 Å². The molecule has 0 atom stereocenters. The van der Waals surface area contributed by atoms with Crippen molar-refractivity contribution in [2.24, 2.45) is 0 Å². The third kappa shape index (κ3) is 2.56. The summed E-state index contributed by atoms with van der Waals surface area (Å²) in [6.07, 6.45) is 1.04. The van der Waals surface area contributed by atoms with Crippen molar-refractivity contribution < 1.29 is 0 Å². The van der Waals surface area contributed by atoms with E-state index in [0.717, 1.165) is 31.6 Å². The number of para-hydroxylation sites is 1. The largest absolute Gasteiger partial charge is 0.299 e. The Morgan fingerprint density at radius 3 is 2.81 bits per heavy atom. The molecule has 0 spiro atoms. The molecule has 0 amide bonds. The van der Waals surface area contributed by atoms with Gasteiger partial charge in [-0.15, -0.1) is 11.6 Å². The molecular formula is C18H23ClN2. The van der Waals surface area contributed by atoms with Gasteiger partial charge in [-0.3, -0.25) is 9.88 Å². The lowest BCUT2D eigenvalue weighted by Crippen LogP contribution is -2.31. The van der Waals surface area contributed by atoms with E-state index in [9.17, 15) is 0 Å². The molecular weight excluding hydrogens is 280 g/mol. The third-order valence-electron chi connectivity index (χ3n) is 4.60. The lowest BCUT2D eigenvalue weighted by Gasteiger charge is -2.29. The number of alkyl halides is 1. The Balaban J connectivity index is 2.26. The number of nitrogens with zero attached hydrogens (tertiary/aromatic N) is 2. The highest BCUT2D eigenvalue weighted by atomic mass is 35.5. The van der Waals surface area contributed by atoms with Crippen LogP contribution in [0.3, 0.4) is 0 Å². The van der Waals surface area contributed by atoms with E-state index in [0.29, 0.717) is 11.8 Å². The number of aromatic nitrogens is 1. The number of hydrogen-bond donors (Lipinski definition) is 0. The zero-order valence-electron chi connectivity index (χ0n) is 13.1. The van der Waals surface area contributed by atoms with Gasteiger partial charge in [-0.25, -0.2) is 0 Å². The third-order valence-corrected chi connectivity index (χ3v) is 4.87. The van der Waals surface area contributed by atoms with Crippen LogP contribution in [0.25, 0.3) is 10.9 Å². The van der Waals surface area contributed by atoms with Crippen molar-refractivity contribution in [1.82, 2.24) is 9.88 Å². The molecule has 2 nitrogen and oxygen atoms in total. The van der Waals surface area contributed by atoms with Crippen LogP contribution >= 0.6 is 11.6 Å². The number of fused-ring (bicyclic) bond motifs is 2. The van der Waals surface area contributed by atoms with Gasteiger partial charge in [-0.2, -0.15) is 0 Å². The van der Waals surface area contributed by atoms with Crippen molar-refractivity contribution in [3.05, 3.63) is 40.6 Å². The first-order valence-corrected chi connectivity index (χ1v) is 8.40. The van der Waals surface area contributed by atoms with Gasteiger partial charge in [0.25, 0.3) is 0 Å². The smallest absolute Gasteiger partial charge is 0.0743 e. The minimum Gasteiger partial charge on any atom is -0.299 e. The van der Waals surface area contributed by atoms with Crippen molar-refractivity contribution in [2.45, 2.75) is 45.5 Å². The molecule has 3 rings (SSSR count). The highest BCUT2D eigenvalue weighted by Gasteiger charge is 2.22. The van der Waals surface area contributed by atoms with E-state index in [1.165, 1.54) is 27.8 Å². The first kappa shape index (κ1) is 14.8. The molecule has 1 aromatic carbocycles. The number of halogens is 1. The average Bonchev–Trinajstić information content (AvgIpc) is 2.51. The molecule has 0 saturated heterocycles. The highest BCUT2D eigenvalue weighted by molar-refractivity contribution is 6.18. The van der Waals surface area contributed by atoms with E-state index in [2.05, 4.69) is 43.9 Å². The topological polar surface area (TPSA) is 16.1 Å². The first-order valence-electron chi connectivity index (χ1n) is 7.87. The summed E-state index contributed by atoms with van der Waals surface area (Å²) in [5, 5.41) is 1.24. The standard InChI is InChI=1S/C18H23ClN2/c1-4-21-9-8-17-16(11-21)15(10-19)14-7-5-6-13(12(2)3)18(14)20-17/h5-7,12H,4,8-11H2,1-3H3. The van der Waals surface area contributed by atoms with Crippen molar-refractivity contribution in [3.63, 3.8) is 0 Å². The maximum absolute atomic E-state index is 6.32. The predicted octanol–water partition coefficient (Wildman–Crippen LogP) is 4.48. The van der Waals surface area contributed by atoms with Crippen molar-refractivity contribution in [3.8, 4) is 0 Å². The van der Waals surface area contributed by atoms with Crippen LogP contribution in [0, 0.1) is 0 Å². The van der Waals surface area contributed by atoms with E-state index in [1.807, 2.05) is 0 Å². The molecule has 0 bridgehead atoms. The van der Waals surface area contributed by atoms with E-state index >= 15 is 0 Å². The molecule has 21 heavy (non-hydrogen) atoms. The molecule has 2 heterocycles. The van der Waals surface area contributed by atoms with Crippen LogP contribution in [0.1, 0.15) is 49.1 Å². The van der Waals surface area contributed by atoms with Crippen LogP contribution in [0.2, 0.25) is 0 Å². The van der Waals surface area contributed by atoms with Gasteiger partial charge >= 0.3 is 0 Å². The Hall–Kier alpha value is -1.12. The minimum atomic E-state index is 0.484. The first-order chi connectivity index (χ1) is 10.2. The monoisotopic (exact) mass is 302 g/mol. The number of benzene rings is 1. The van der Waals surface area contributed by atoms with Crippen LogP contribution in [-0.4, -0.2) is 23.0 Å². The summed E-state index contributed by atoms with van der Waals surface area (Å²) >= 11 is 6.32. The molecule has 0 N–H and O–H groups in total. The second-order valence-corrected chi connectivity index (χ2v) is 6.43. The molecule has 0 unspecified atom stereocenters. The maximum atomic E-state index is 6.32. The summed E-state index contributed by atoms with van der Waals surface area (Å²) in [6, 6.07) is 6.52. The predicted molar refractivity (Wildman–Crippen MR) is 90.0 cm³/mol. The summed E-state index contributed by atoms with van der Waals surface area (Å²) in [4.78, 5) is 7.50. The Labute approximate surface area is 132 Å². The molecule has 0 saturated carbocycles. The van der Waals surface area contributed by atoms with E-state index in [4.69, 9.17) is 16.6 Å². The molecule has 3 heteroatoms. The lowest BCUT2D eigenvalue weighted by molar-refractivity contribution is 0.265. The Morgan fingerprint density at radius 2 is 2.14 bits per heavy atom. The fourth-order valence-corrected chi connectivity index (χ4v) is 3.62. The van der Waals surface area contributed by atoms with Gasteiger partial charge in [0, 0.05) is 36.5 Å². The van der Waals surface area contributed by atoms with Crippen LogP contribution in [0.15, 0.2) is 18.2 Å². The molecule has 0 radical (unpaired) electrons. The van der Waals surface area contributed by atoms with Gasteiger partial charge in [-0.1, -0.05) is 39.0 Å². The molecule has 0 fully saturated rings. The van der Waals surface area contributed by atoms with Crippen molar-refractivity contribution in [2.75, 3.05) is 13.1 Å². The van der Waals surface area contributed by atoms with Gasteiger partial charge in [0.2, 0.25) is 0 Å². The van der Waals surface area contributed by atoms with Crippen molar-refractivity contribution in [1.29, 1.82) is 0 Å². The van der Waals surface area contributed by atoms with Gasteiger partial charge < -0.3 is 0 Å². The second-order valence-electron chi connectivity index (χ2n) is 6.17. The Bertz CT molecular complexity index is 664. The number of likely N-dealkylation sites (N-methyl/N-ethyl adjacent to an activating group) is 1. The number of rotatable bonds is 3. The summed E-state index contributed by atoms with van der Waals surface area (Å²) in [6.45, 7) is 9.86. The molecule has 1 aliphatic heterocycles. The zero-order chi connectivity index (χ0) is 15.0. The summed E-state index contributed by atoms with van der Waals surface area (Å²) in [7, 11) is 0. The normalized spacial score (nSPS) is 15.7. The minimum absolute atomic E-state index is 0.484. The number of pyridine rings is 1. The van der Waals surface area contributed by atoms with Gasteiger partial charge in [0.1, 0.15) is 0 Å². The summed E-state index contributed by atoms with van der Waals surface area (Å²) in [5.74, 6) is 1.05. The molecule has 0 aliphatic carbocycles. The SMILES string of the molecule is CCN1CCc2nc3c(C(C)C)cccc3c(CCl)c2C1. The lowest BCUT2D eigenvalue weighted by atomic mass is 9.92. The summed E-state index contributed by atoms with van der Waals surface area (Å²) < 4.78 is 0. The maximum Gasteiger partial charge on any atom is 0.0743 e. The second kappa shape index (κ2) is 5.94. The zero-order valence-corrected chi connectivity index (χ0v) is 13.9. The number of hydrogen-bond acceptors (Lipinski definition) is 2. The van der Waals surface area contributed by atoms with Gasteiger partial charge in [-0.05, 0) is 29.2 Å². The fourth-order valence-electron chi connectivity index (χ4n) is 3.32. The van der Waals surface area contributed by atoms with Gasteiger partial charge in [0.15, 0.2) is 0 Å². The van der Waals surface area contributed by atoms with Crippen LogP contribution in [-0.2, 0) is 18.8 Å². The fraction of sp³-hybridized carbons (Fsp3) is 0.500. The van der Waals surface area contributed by atoms with Crippen molar-refractivity contribution >= 4 is 22.5 Å². The average molecular weight is 303 g/mol. The highest BCUT2D eigenvalue weighted by Crippen LogP contribution is 2.32. The van der Waals surface area contributed by atoms with Crippen LogP contribution in [0.4, 0.5) is 0 Å². The van der Waals surface area contributed by atoms with Crippen LogP contribution in [0.5, 0.6) is 0 Å². The molecule has 112 valence electrons. The quantitative estimate of drug-likeness (QED) is 0.777. The van der Waals surface area contributed by atoms with E-state index < -0.39 is 0 Å². The van der Waals surface area contributed by atoms with E-state index in [-0.39, 0.29) is 0 Å². The Kier molecular flexibility index (Phi) is 4.19. The Morgan fingerprint density at radius 1 is 1.33 bits per heavy atom. The van der Waals surface area contributed by atoms with Crippen LogP contribution < -0.4 is 0 Å². The van der Waals surface area contributed by atoms with Gasteiger partial charge in [0.05, 0.1) is 5.52 Å². The summed E-state index contributed by atoms with van der Waals surface area (Å²) in [5.41, 5.74) is 6.41. The molecule has 2 aromatic rings. The molecule has 1 aromatic heterocycles.